The number of ether oxygens (including phenoxy) is 2. The summed E-state index contributed by atoms with van der Waals surface area (Å²) in [6.07, 6.45) is -0.614. The zero-order valence-electron chi connectivity index (χ0n) is 18.6. The van der Waals surface area contributed by atoms with Gasteiger partial charge in [0, 0.05) is 16.8 Å². The van der Waals surface area contributed by atoms with E-state index in [2.05, 4.69) is 45.5 Å². The van der Waals surface area contributed by atoms with Crippen LogP contribution in [0.2, 0.25) is 0 Å². The van der Waals surface area contributed by atoms with E-state index < -0.39 is 18.1 Å². The van der Waals surface area contributed by atoms with E-state index in [1.165, 1.54) is 0 Å². The first-order valence-electron chi connectivity index (χ1n) is 11.0. The molecule has 0 aromatic heterocycles. The lowest BCUT2D eigenvalue weighted by molar-refractivity contribution is -0.149. The van der Waals surface area contributed by atoms with E-state index in [0.717, 1.165) is 32.3 Å². The van der Waals surface area contributed by atoms with Gasteiger partial charge in [-0.1, -0.05) is 76.6 Å². The highest BCUT2D eigenvalue weighted by atomic mass is 79.9. The average molecular weight is 508 g/mol. The molecule has 0 spiro atoms. The number of carbonyl (C=O) groups excluding carboxylic acids is 2. The maximum Gasteiger partial charge on any atom is 0.407 e. The predicted molar refractivity (Wildman–Crippen MR) is 131 cm³/mol. The van der Waals surface area contributed by atoms with E-state index in [1.54, 1.807) is 13.8 Å². The molecule has 3 aromatic rings. The maximum absolute atomic E-state index is 12.7. The molecule has 1 atom stereocenters. The quantitative estimate of drug-likeness (QED) is 0.407. The van der Waals surface area contributed by atoms with Gasteiger partial charge in [-0.15, -0.1) is 0 Å². The number of esters is 1. The summed E-state index contributed by atoms with van der Waals surface area (Å²) in [4.78, 5) is 25.4. The molecule has 5 nitrogen and oxygen atoms in total. The molecular formula is C27H26BrNO4. The molecule has 4 rings (SSSR count). The van der Waals surface area contributed by atoms with Gasteiger partial charge in [-0.3, -0.25) is 0 Å². The number of hydrogen-bond donors (Lipinski definition) is 1. The summed E-state index contributed by atoms with van der Waals surface area (Å²) in [5.41, 5.74) is 5.50. The highest BCUT2D eigenvalue weighted by Gasteiger charge is 2.30. The number of hydrogen-bond acceptors (Lipinski definition) is 4. The molecule has 0 unspecified atom stereocenters. The number of carbonyl (C=O) groups is 2. The van der Waals surface area contributed by atoms with Gasteiger partial charge >= 0.3 is 12.1 Å². The fourth-order valence-corrected chi connectivity index (χ4v) is 4.41. The molecule has 0 saturated heterocycles. The molecule has 1 amide bonds. The molecule has 0 radical (unpaired) electrons. The van der Waals surface area contributed by atoms with Gasteiger partial charge in [-0.25, -0.2) is 9.59 Å². The second-order valence-electron chi connectivity index (χ2n) is 8.34. The number of nitrogens with one attached hydrogen (secondary N) is 1. The van der Waals surface area contributed by atoms with Crippen molar-refractivity contribution in [2.24, 2.45) is 0 Å². The summed E-state index contributed by atoms with van der Waals surface area (Å²) in [5.74, 6) is -0.530. The second-order valence-corrected chi connectivity index (χ2v) is 9.25. The highest BCUT2D eigenvalue weighted by Crippen LogP contribution is 2.44. The van der Waals surface area contributed by atoms with E-state index in [-0.39, 0.29) is 18.6 Å². The van der Waals surface area contributed by atoms with Crippen molar-refractivity contribution in [3.63, 3.8) is 0 Å². The Morgan fingerprint density at radius 2 is 1.48 bits per heavy atom. The number of amides is 1. The van der Waals surface area contributed by atoms with Crippen molar-refractivity contribution in [2.75, 3.05) is 6.61 Å². The van der Waals surface area contributed by atoms with Crippen LogP contribution < -0.4 is 5.32 Å². The summed E-state index contributed by atoms with van der Waals surface area (Å²) >= 11 is 3.41. The zero-order chi connectivity index (χ0) is 23.4. The van der Waals surface area contributed by atoms with Gasteiger partial charge < -0.3 is 14.8 Å². The first-order chi connectivity index (χ1) is 15.9. The molecule has 33 heavy (non-hydrogen) atoms. The van der Waals surface area contributed by atoms with Crippen LogP contribution in [-0.4, -0.2) is 30.8 Å². The Morgan fingerprint density at radius 1 is 0.909 bits per heavy atom. The minimum absolute atomic E-state index is 0.0457. The Morgan fingerprint density at radius 3 is 2.06 bits per heavy atom. The molecule has 0 saturated carbocycles. The topological polar surface area (TPSA) is 64.6 Å². The molecule has 1 aliphatic rings. The van der Waals surface area contributed by atoms with Gasteiger partial charge in [-0.2, -0.15) is 0 Å². The Labute approximate surface area is 202 Å². The predicted octanol–water partition coefficient (Wildman–Crippen LogP) is 5.85. The summed E-state index contributed by atoms with van der Waals surface area (Å²) < 4.78 is 11.9. The van der Waals surface area contributed by atoms with E-state index in [4.69, 9.17) is 9.47 Å². The summed E-state index contributed by atoms with van der Waals surface area (Å²) in [6.45, 7) is 3.74. The summed E-state index contributed by atoms with van der Waals surface area (Å²) in [7, 11) is 0. The molecule has 170 valence electrons. The van der Waals surface area contributed by atoms with Crippen LogP contribution in [0.25, 0.3) is 11.1 Å². The Balaban J connectivity index is 1.45. The first-order valence-corrected chi connectivity index (χ1v) is 11.8. The smallest absolute Gasteiger partial charge is 0.407 e. The van der Waals surface area contributed by atoms with Crippen molar-refractivity contribution in [1.29, 1.82) is 0 Å². The largest absolute Gasteiger partial charge is 0.461 e. The molecule has 0 bridgehead atoms. The van der Waals surface area contributed by atoms with Crippen LogP contribution >= 0.6 is 15.9 Å². The third kappa shape index (κ3) is 5.45. The van der Waals surface area contributed by atoms with Crippen molar-refractivity contribution in [2.45, 2.75) is 38.3 Å². The van der Waals surface area contributed by atoms with Gasteiger partial charge in [0.2, 0.25) is 0 Å². The van der Waals surface area contributed by atoms with Crippen LogP contribution in [0.15, 0.2) is 77.3 Å². The van der Waals surface area contributed by atoms with E-state index >= 15 is 0 Å². The van der Waals surface area contributed by atoms with Gasteiger partial charge in [0.25, 0.3) is 0 Å². The van der Waals surface area contributed by atoms with Crippen molar-refractivity contribution >= 4 is 28.0 Å². The molecule has 0 heterocycles. The second kappa shape index (κ2) is 10.2. The molecule has 1 aliphatic carbocycles. The number of rotatable bonds is 7. The SMILES string of the molecule is CC(C)OC(=O)[C@H](Cc1ccc(Br)cc1)NC(=O)OCC1c2ccccc2-c2ccccc21. The van der Waals surface area contributed by atoms with Crippen molar-refractivity contribution in [3.8, 4) is 11.1 Å². The highest BCUT2D eigenvalue weighted by molar-refractivity contribution is 9.10. The first kappa shape index (κ1) is 23.1. The van der Waals surface area contributed by atoms with Crippen LogP contribution in [0.4, 0.5) is 4.79 Å². The van der Waals surface area contributed by atoms with Crippen LogP contribution in [-0.2, 0) is 20.7 Å². The molecule has 0 aliphatic heterocycles. The van der Waals surface area contributed by atoms with Crippen molar-refractivity contribution in [3.05, 3.63) is 94.0 Å². The average Bonchev–Trinajstić information content (AvgIpc) is 3.12. The molecule has 1 N–H and O–H groups in total. The Hall–Kier alpha value is -3.12. The van der Waals surface area contributed by atoms with E-state index in [9.17, 15) is 9.59 Å². The minimum atomic E-state index is -0.843. The molecule has 3 aromatic carbocycles. The van der Waals surface area contributed by atoms with Gasteiger partial charge in [0.05, 0.1) is 6.10 Å². The molecule has 0 fully saturated rings. The number of halogens is 1. The van der Waals surface area contributed by atoms with Crippen LogP contribution in [0.5, 0.6) is 0 Å². The van der Waals surface area contributed by atoms with Crippen molar-refractivity contribution < 1.29 is 19.1 Å². The zero-order valence-corrected chi connectivity index (χ0v) is 20.2. The summed E-state index contributed by atoms with van der Waals surface area (Å²) in [5, 5.41) is 2.71. The van der Waals surface area contributed by atoms with Gasteiger partial charge in [0.15, 0.2) is 0 Å². The van der Waals surface area contributed by atoms with Gasteiger partial charge in [0.1, 0.15) is 12.6 Å². The molecular weight excluding hydrogens is 482 g/mol. The third-order valence-corrected chi connectivity index (χ3v) is 6.15. The fourth-order valence-electron chi connectivity index (χ4n) is 4.15. The Kier molecular flexibility index (Phi) is 7.14. The standard InChI is InChI=1S/C27H26BrNO4/c1-17(2)33-26(30)25(15-18-11-13-19(28)14-12-18)29-27(31)32-16-24-22-9-5-3-7-20(22)21-8-4-6-10-23(21)24/h3-14,17,24-25H,15-16H2,1-2H3,(H,29,31)/t25-/m0/s1. The van der Waals surface area contributed by atoms with Crippen LogP contribution in [0.1, 0.15) is 36.5 Å². The maximum atomic E-state index is 12.7. The monoisotopic (exact) mass is 507 g/mol. The van der Waals surface area contributed by atoms with Gasteiger partial charge in [-0.05, 0) is 53.8 Å². The minimum Gasteiger partial charge on any atom is -0.461 e. The normalized spacial score (nSPS) is 13.2. The number of alkyl carbamates (subject to hydrolysis) is 1. The van der Waals surface area contributed by atoms with Crippen LogP contribution in [0, 0.1) is 0 Å². The third-order valence-electron chi connectivity index (χ3n) is 5.63. The lowest BCUT2D eigenvalue weighted by Gasteiger charge is -2.20. The molecule has 6 heteroatoms. The van der Waals surface area contributed by atoms with E-state index in [0.29, 0.717) is 6.42 Å². The fraction of sp³-hybridized carbons (Fsp3) is 0.259. The van der Waals surface area contributed by atoms with Crippen LogP contribution in [0.3, 0.4) is 0 Å². The number of fused-ring (bicyclic) bond motifs is 3. The van der Waals surface area contributed by atoms with E-state index in [1.807, 2.05) is 48.5 Å². The number of benzene rings is 3. The lowest BCUT2D eigenvalue weighted by atomic mass is 9.98. The summed E-state index contributed by atoms with van der Waals surface area (Å²) in [6, 6.07) is 23.1. The Bertz CT molecular complexity index is 1100. The van der Waals surface area contributed by atoms with Crippen molar-refractivity contribution in [1.82, 2.24) is 5.32 Å². The lowest BCUT2D eigenvalue weighted by Crippen LogP contribution is -2.44.